The lowest BCUT2D eigenvalue weighted by Gasteiger charge is -2.08. The Balaban J connectivity index is 2.48. The fourth-order valence-electron chi connectivity index (χ4n) is 1.48. The number of ether oxygens (including phenoxy) is 1. The Hall–Kier alpha value is -2.04. The number of rotatable bonds is 6. The van der Waals surface area contributed by atoms with Gasteiger partial charge in [-0.15, -0.1) is 0 Å². The van der Waals surface area contributed by atoms with Gasteiger partial charge in [0.1, 0.15) is 5.75 Å². The number of hydrogen-bond donors (Lipinski definition) is 2. The number of hydrogen-bond acceptors (Lipinski definition) is 3. The molecule has 0 bridgehead atoms. The Morgan fingerprint density at radius 2 is 2.06 bits per heavy atom. The van der Waals surface area contributed by atoms with Crippen molar-refractivity contribution in [3.05, 3.63) is 29.3 Å². The van der Waals surface area contributed by atoms with Crippen molar-refractivity contribution in [2.24, 2.45) is 0 Å². The maximum atomic E-state index is 11.3. The number of methoxy groups -OCH3 is 1. The summed E-state index contributed by atoms with van der Waals surface area (Å²) in [5, 5.41) is 11.1. The lowest BCUT2D eigenvalue weighted by atomic mass is 10.1. The average molecular weight is 251 g/mol. The van der Waals surface area contributed by atoms with Gasteiger partial charge in [0.05, 0.1) is 13.5 Å². The normalized spacial score (nSPS) is 9.89. The van der Waals surface area contributed by atoms with Gasteiger partial charge >= 0.3 is 5.97 Å². The smallest absolute Gasteiger partial charge is 0.303 e. The van der Waals surface area contributed by atoms with Gasteiger partial charge in [-0.25, -0.2) is 0 Å². The van der Waals surface area contributed by atoms with Crippen LogP contribution in [0.5, 0.6) is 5.75 Å². The number of aliphatic carboxylic acids is 1. The van der Waals surface area contributed by atoms with Crippen LogP contribution in [0.1, 0.15) is 24.0 Å². The highest BCUT2D eigenvalue weighted by Crippen LogP contribution is 2.18. The molecule has 1 rings (SSSR count). The number of nitrogens with one attached hydrogen (secondary N) is 1. The number of aryl methyl sites for hydroxylation is 1. The molecule has 0 aliphatic heterocycles. The first-order valence-corrected chi connectivity index (χ1v) is 5.65. The fraction of sp³-hybridized carbons (Fsp3) is 0.385. The van der Waals surface area contributed by atoms with Crippen molar-refractivity contribution < 1.29 is 19.4 Å². The summed E-state index contributed by atoms with van der Waals surface area (Å²) in [7, 11) is 1.59. The summed E-state index contributed by atoms with van der Waals surface area (Å²) < 4.78 is 5.18. The Morgan fingerprint density at radius 3 is 2.67 bits per heavy atom. The molecule has 0 aliphatic rings. The topological polar surface area (TPSA) is 75.6 Å². The molecule has 0 fully saturated rings. The molecule has 0 radical (unpaired) electrons. The van der Waals surface area contributed by atoms with E-state index >= 15 is 0 Å². The highest BCUT2D eigenvalue weighted by Gasteiger charge is 2.06. The van der Waals surface area contributed by atoms with Gasteiger partial charge in [0.15, 0.2) is 0 Å². The second-order valence-electron chi connectivity index (χ2n) is 3.97. The highest BCUT2D eigenvalue weighted by atomic mass is 16.5. The van der Waals surface area contributed by atoms with Crippen LogP contribution in [0.15, 0.2) is 18.2 Å². The molecule has 0 heterocycles. The number of benzene rings is 1. The number of amides is 1. The van der Waals surface area contributed by atoms with Gasteiger partial charge in [0.2, 0.25) is 5.91 Å². The quantitative estimate of drug-likeness (QED) is 0.803. The minimum atomic E-state index is -0.970. The lowest BCUT2D eigenvalue weighted by Crippen LogP contribution is -2.23. The van der Waals surface area contributed by atoms with Crippen LogP contribution in [0, 0.1) is 6.92 Å². The van der Waals surface area contributed by atoms with Crippen LogP contribution < -0.4 is 10.1 Å². The zero-order valence-corrected chi connectivity index (χ0v) is 10.5. The Labute approximate surface area is 106 Å². The van der Waals surface area contributed by atoms with Crippen molar-refractivity contribution in [2.75, 3.05) is 7.11 Å². The summed E-state index contributed by atoms with van der Waals surface area (Å²) in [4.78, 5) is 21.6. The monoisotopic (exact) mass is 251 g/mol. The summed E-state index contributed by atoms with van der Waals surface area (Å²) in [5.41, 5.74) is 1.94. The van der Waals surface area contributed by atoms with Gasteiger partial charge in [-0.2, -0.15) is 0 Å². The number of carboxylic acid groups (broad SMARTS) is 1. The van der Waals surface area contributed by atoms with E-state index in [-0.39, 0.29) is 18.7 Å². The summed E-state index contributed by atoms with van der Waals surface area (Å²) in [6.45, 7) is 2.31. The van der Waals surface area contributed by atoms with E-state index < -0.39 is 5.97 Å². The van der Waals surface area contributed by atoms with Gasteiger partial charge in [0, 0.05) is 13.0 Å². The van der Waals surface area contributed by atoms with Crippen molar-refractivity contribution in [1.82, 2.24) is 5.32 Å². The van der Waals surface area contributed by atoms with E-state index in [1.54, 1.807) is 7.11 Å². The van der Waals surface area contributed by atoms with E-state index in [9.17, 15) is 9.59 Å². The van der Waals surface area contributed by atoms with Gasteiger partial charge in [0.25, 0.3) is 0 Å². The maximum Gasteiger partial charge on any atom is 0.303 e. The molecule has 0 aromatic heterocycles. The van der Waals surface area contributed by atoms with E-state index in [1.807, 2.05) is 25.1 Å². The largest absolute Gasteiger partial charge is 0.496 e. The first kappa shape index (κ1) is 14.0. The Morgan fingerprint density at radius 1 is 1.33 bits per heavy atom. The van der Waals surface area contributed by atoms with Gasteiger partial charge in [-0.1, -0.05) is 12.1 Å². The molecule has 2 N–H and O–H groups in total. The van der Waals surface area contributed by atoms with E-state index in [0.29, 0.717) is 6.54 Å². The molecule has 1 amide bonds. The Bertz CT molecular complexity index is 443. The van der Waals surface area contributed by atoms with Crippen molar-refractivity contribution in [3.63, 3.8) is 0 Å². The zero-order chi connectivity index (χ0) is 13.5. The summed E-state index contributed by atoms with van der Waals surface area (Å²) in [6.07, 6.45) is -0.151. The molecule has 0 atom stereocenters. The Kier molecular flexibility index (Phi) is 5.17. The first-order chi connectivity index (χ1) is 8.52. The van der Waals surface area contributed by atoms with Crippen molar-refractivity contribution in [3.8, 4) is 5.75 Å². The third-order valence-corrected chi connectivity index (χ3v) is 2.53. The number of carbonyl (C=O) groups is 2. The molecule has 0 saturated heterocycles. The summed E-state index contributed by atoms with van der Waals surface area (Å²) in [6, 6.07) is 5.67. The molecule has 0 unspecified atom stereocenters. The van der Waals surface area contributed by atoms with Gasteiger partial charge in [-0.05, 0) is 24.1 Å². The fourth-order valence-corrected chi connectivity index (χ4v) is 1.48. The minimum Gasteiger partial charge on any atom is -0.496 e. The third-order valence-electron chi connectivity index (χ3n) is 2.53. The third kappa shape index (κ3) is 4.45. The van der Waals surface area contributed by atoms with Gasteiger partial charge < -0.3 is 15.2 Å². The van der Waals surface area contributed by atoms with Crippen LogP contribution in [0.25, 0.3) is 0 Å². The van der Waals surface area contributed by atoms with E-state index in [2.05, 4.69) is 5.32 Å². The standard InChI is InChI=1S/C13H17NO4/c1-9-3-4-10(7-11(9)18-2)8-14-12(15)5-6-13(16)17/h3-4,7H,5-6,8H2,1-2H3,(H,14,15)(H,16,17). The molecule has 0 saturated carbocycles. The summed E-state index contributed by atoms with van der Waals surface area (Å²) in [5.74, 6) is -0.466. The number of carboxylic acids is 1. The number of carbonyl (C=O) groups excluding carboxylic acids is 1. The van der Waals surface area contributed by atoms with E-state index in [4.69, 9.17) is 9.84 Å². The zero-order valence-electron chi connectivity index (χ0n) is 10.5. The average Bonchev–Trinajstić information content (AvgIpc) is 2.35. The van der Waals surface area contributed by atoms with E-state index in [0.717, 1.165) is 16.9 Å². The molecule has 0 aliphatic carbocycles. The first-order valence-electron chi connectivity index (χ1n) is 5.65. The molecule has 0 spiro atoms. The molecular weight excluding hydrogens is 234 g/mol. The van der Waals surface area contributed by atoms with Crippen LogP contribution in [-0.2, 0) is 16.1 Å². The van der Waals surface area contributed by atoms with Crippen LogP contribution in [0.3, 0.4) is 0 Å². The van der Waals surface area contributed by atoms with Crippen molar-refractivity contribution in [1.29, 1.82) is 0 Å². The lowest BCUT2D eigenvalue weighted by molar-refractivity contribution is -0.138. The predicted octanol–water partition coefficient (Wildman–Crippen LogP) is 1.48. The predicted molar refractivity (Wildman–Crippen MR) is 66.4 cm³/mol. The SMILES string of the molecule is COc1cc(CNC(=O)CCC(=O)O)ccc1C. The van der Waals surface area contributed by atoms with Crippen molar-refractivity contribution >= 4 is 11.9 Å². The summed E-state index contributed by atoms with van der Waals surface area (Å²) >= 11 is 0. The molecule has 5 heteroatoms. The van der Waals surface area contributed by atoms with Crippen LogP contribution in [0.2, 0.25) is 0 Å². The van der Waals surface area contributed by atoms with Crippen LogP contribution in [-0.4, -0.2) is 24.1 Å². The van der Waals surface area contributed by atoms with Crippen LogP contribution in [0.4, 0.5) is 0 Å². The molecule has 5 nitrogen and oxygen atoms in total. The van der Waals surface area contributed by atoms with E-state index in [1.165, 1.54) is 0 Å². The van der Waals surface area contributed by atoms with Crippen LogP contribution >= 0.6 is 0 Å². The molecule has 1 aromatic rings. The molecule has 1 aromatic carbocycles. The van der Waals surface area contributed by atoms with Gasteiger partial charge in [-0.3, -0.25) is 9.59 Å². The second kappa shape index (κ2) is 6.64. The highest BCUT2D eigenvalue weighted by molar-refractivity contribution is 5.80. The molecular formula is C13H17NO4. The van der Waals surface area contributed by atoms with Crippen molar-refractivity contribution in [2.45, 2.75) is 26.3 Å². The molecule has 18 heavy (non-hydrogen) atoms. The maximum absolute atomic E-state index is 11.3. The molecule has 98 valence electrons. The second-order valence-corrected chi connectivity index (χ2v) is 3.97. The minimum absolute atomic E-state index is 0.00166.